The van der Waals surface area contributed by atoms with Gasteiger partial charge >= 0.3 is 0 Å². The van der Waals surface area contributed by atoms with E-state index < -0.39 is 0 Å². The maximum absolute atomic E-state index is 11.8. The van der Waals surface area contributed by atoms with Crippen LogP contribution < -0.4 is 15.4 Å². The van der Waals surface area contributed by atoms with E-state index in [1.165, 1.54) is 0 Å². The van der Waals surface area contributed by atoms with E-state index in [2.05, 4.69) is 10.6 Å². The summed E-state index contributed by atoms with van der Waals surface area (Å²) >= 11 is 0. The Hall–Kier alpha value is -1.75. The van der Waals surface area contributed by atoms with Crippen LogP contribution in [0.1, 0.15) is 19.3 Å². The van der Waals surface area contributed by atoms with Crippen LogP contribution in [0, 0.1) is 0 Å². The molecule has 1 atom stereocenters. The van der Waals surface area contributed by atoms with E-state index in [1.807, 2.05) is 24.3 Å². The van der Waals surface area contributed by atoms with Crippen LogP contribution in [0.2, 0.25) is 0 Å². The summed E-state index contributed by atoms with van der Waals surface area (Å²) in [5.74, 6) is 0.890. The summed E-state index contributed by atoms with van der Waals surface area (Å²) in [6.45, 7) is 1.89. The van der Waals surface area contributed by atoms with Crippen LogP contribution in [-0.4, -0.2) is 38.8 Å². The standard InChI is InChI=1S/C15H22N2O3/c1-19-10-11-20-13-7-5-12(6-8-13)17-14-4-2-3-9-16-15(14)18/h5-8,14,17H,2-4,9-11H2,1H3,(H,16,18)/t14-/m0/s1. The number of rotatable bonds is 6. The Morgan fingerprint density at radius 2 is 2.05 bits per heavy atom. The molecule has 1 aliphatic rings. The maximum Gasteiger partial charge on any atom is 0.242 e. The van der Waals surface area contributed by atoms with Gasteiger partial charge in [0.1, 0.15) is 18.4 Å². The molecule has 1 aliphatic heterocycles. The van der Waals surface area contributed by atoms with Crippen LogP contribution in [0.15, 0.2) is 24.3 Å². The molecule has 1 fully saturated rings. The van der Waals surface area contributed by atoms with Gasteiger partial charge < -0.3 is 20.1 Å². The van der Waals surface area contributed by atoms with Crippen molar-refractivity contribution in [2.24, 2.45) is 0 Å². The lowest BCUT2D eigenvalue weighted by molar-refractivity contribution is -0.121. The van der Waals surface area contributed by atoms with Gasteiger partial charge in [0, 0.05) is 19.3 Å². The third-order valence-corrected chi connectivity index (χ3v) is 3.29. The topological polar surface area (TPSA) is 59.6 Å². The summed E-state index contributed by atoms with van der Waals surface area (Å²) in [6, 6.07) is 7.51. The Morgan fingerprint density at radius 3 is 2.80 bits per heavy atom. The molecule has 1 aromatic carbocycles. The molecule has 1 heterocycles. The van der Waals surface area contributed by atoms with Crippen LogP contribution in [-0.2, 0) is 9.53 Å². The molecule has 5 nitrogen and oxygen atoms in total. The van der Waals surface area contributed by atoms with Gasteiger partial charge in [-0.05, 0) is 43.5 Å². The molecular weight excluding hydrogens is 256 g/mol. The SMILES string of the molecule is COCCOc1ccc(N[C@H]2CCCCNC2=O)cc1. The number of carbonyl (C=O) groups excluding carboxylic acids is 1. The van der Waals surface area contributed by atoms with E-state index in [9.17, 15) is 4.79 Å². The van der Waals surface area contributed by atoms with E-state index >= 15 is 0 Å². The number of methoxy groups -OCH3 is 1. The molecule has 5 heteroatoms. The summed E-state index contributed by atoms with van der Waals surface area (Å²) in [4.78, 5) is 11.8. The zero-order valence-corrected chi connectivity index (χ0v) is 11.9. The molecule has 0 aliphatic carbocycles. The largest absolute Gasteiger partial charge is 0.491 e. The van der Waals surface area contributed by atoms with Crippen molar-refractivity contribution in [3.8, 4) is 5.75 Å². The summed E-state index contributed by atoms with van der Waals surface area (Å²) in [6.07, 6.45) is 2.99. The normalized spacial score (nSPS) is 19.1. The van der Waals surface area contributed by atoms with Crippen molar-refractivity contribution in [3.63, 3.8) is 0 Å². The van der Waals surface area contributed by atoms with E-state index in [4.69, 9.17) is 9.47 Å². The van der Waals surface area contributed by atoms with Crippen LogP contribution in [0.4, 0.5) is 5.69 Å². The zero-order chi connectivity index (χ0) is 14.2. The fourth-order valence-electron chi connectivity index (χ4n) is 2.17. The van der Waals surface area contributed by atoms with Gasteiger partial charge in [-0.3, -0.25) is 4.79 Å². The third-order valence-electron chi connectivity index (χ3n) is 3.29. The first-order chi connectivity index (χ1) is 9.79. The second-order valence-corrected chi connectivity index (χ2v) is 4.85. The molecule has 0 spiro atoms. The second kappa shape index (κ2) is 7.75. The van der Waals surface area contributed by atoms with E-state index in [1.54, 1.807) is 7.11 Å². The molecule has 110 valence electrons. The molecular formula is C15H22N2O3. The van der Waals surface area contributed by atoms with Gasteiger partial charge in [0.2, 0.25) is 5.91 Å². The third kappa shape index (κ3) is 4.42. The maximum atomic E-state index is 11.8. The highest BCUT2D eigenvalue weighted by Gasteiger charge is 2.19. The van der Waals surface area contributed by atoms with Gasteiger partial charge in [-0.1, -0.05) is 0 Å². The fraction of sp³-hybridized carbons (Fsp3) is 0.533. The number of anilines is 1. The molecule has 2 rings (SSSR count). The molecule has 0 radical (unpaired) electrons. The lowest BCUT2D eigenvalue weighted by atomic mass is 10.1. The summed E-state index contributed by atoms with van der Waals surface area (Å²) < 4.78 is 10.4. The van der Waals surface area contributed by atoms with Crippen molar-refractivity contribution in [3.05, 3.63) is 24.3 Å². The Morgan fingerprint density at radius 1 is 1.25 bits per heavy atom. The van der Waals surface area contributed by atoms with Crippen molar-refractivity contribution in [1.82, 2.24) is 5.32 Å². The molecule has 1 amide bonds. The van der Waals surface area contributed by atoms with Gasteiger partial charge in [0.15, 0.2) is 0 Å². The van der Waals surface area contributed by atoms with Gasteiger partial charge in [0.05, 0.1) is 6.61 Å². The molecule has 2 N–H and O–H groups in total. The molecule has 1 saturated heterocycles. The number of carbonyl (C=O) groups is 1. The van der Waals surface area contributed by atoms with Gasteiger partial charge in [0.25, 0.3) is 0 Å². The monoisotopic (exact) mass is 278 g/mol. The van der Waals surface area contributed by atoms with Crippen LogP contribution >= 0.6 is 0 Å². The molecule has 0 saturated carbocycles. The summed E-state index contributed by atoms with van der Waals surface area (Å²) in [7, 11) is 1.65. The molecule has 0 unspecified atom stereocenters. The van der Waals surface area contributed by atoms with Crippen molar-refractivity contribution in [1.29, 1.82) is 0 Å². The summed E-state index contributed by atoms with van der Waals surface area (Å²) in [5.41, 5.74) is 0.936. The van der Waals surface area contributed by atoms with Gasteiger partial charge in [-0.15, -0.1) is 0 Å². The predicted octanol–water partition coefficient (Wildman–Crippen LogP) is 1.79. The smallest absolute Gasteiger partial charge is 0.242 e. The minimum Gasteiger partial charge on any atom is -0.491 e. The van der Waals surface area contributed by atoms with Gasteiger partial charge in [-0.25, -0.2) is 0 Å². The number of hydrogen-bond donors (Lipinski definition) is 2. The van der Waals surface area contributed by atoms with Gasteiger partial charge in [-0.2, -0.15) is 0 Å². The number of amides is 1. The van der Waals surface area contributed by atoms with E-state index in [0.717, 1.165) is 37.2 Å². The fourth-order valence-corrected chi connectivity index (χ4v) is 2.17. The van der Waals surface area contributed by atoms with Crippen LogP contribution in [0.5, 0.6) is 5.75 Å². The van der Waals surface area contributed by atoms with Crippen LogP contribution in [0.25, 0.3) is 0 Å². The predicted molar refractivity (Wildman–Crippen MR) is 78.1 cm³/mol. The zero-order valence-electron chi connectivity index (χ0n) is 11.9. The number of nitrogens with one attached hydrogen (secondary N) is 2. The highest BCUT2D eigenvalue weighted by molar-refractivity contribution is 5.84. The molecule has 1 aromatic rings. The first-order valence-corrected chi connectivity index (χ1v) is 7.05. The average Bonchev–Trinajstić information content (AvgIpc) is 2.66. The highest BCUT2D eigenvalue weighted by Crippen LogP contribution is 2.18. The minimum atomic E-state index is -0.141. The number of ether oxygens (including phenoxy) is 2. The molecule has 0 bridgehead atoms. The quantitative estimate of drug-likeness (QED) is 0.779. The Bertz CT molecular complexity index is 420. The minimum absolute atomic E-state index is 0.0860. The van der Waals surface area contributed by atoms with Crippen molar-refractivity contribution in [2.45, 2.75) is 25.3 Å². The Labute approximate surface area is 119 Å². The lowest BCUT2D eigenvalue weighted by Gasteiger charge is -2.16. The highest BCUT2D eigenvalue weighted by atomic mass is 16.5. The Kier molecular flexibility index (Phi) is 5.68. The lowest BCUT2D eigenvalue weighted by Crippen LogP contribution is -2.37. The van der Waals surface area contributed by atoms with Crippen molar-refractivity contribution < 1.29 is 14.3 Å². The average molecular weight is 278 g/mol. The number of benzene rings is 1. The van der Waals surface area contributed by atoms with Crippen molar-refractivity contribution in [2.75, 3.05) is 32.2 Å². The molecule has 0 aromatic heterocycles. The van der Waals surface area contributed by atoms with Crippen molar-refractivity contribution >= 4 is 11.6 Å². The second-order valence-electron chi connectivity index (χ2n) is 4.85. The van der Waals surface area contributed by atoms with Crippen LogP contribution in [0.3, 0.4) is 0 Å². The van der Waals surface area contributed by atoms with E-state index in [0.29, 0.717) is 13.2 Å². The molecule has 20 heavy (non-hydrogen) atoms. The first-order valence-electron chi connectivity index (χ1n) is 7.05. The number of hydrogen-bond acceptors (Lipinski definition) is 4. The first kappa shape index (κ1) is 14.7. The summed E-state index contributed by atoms with van der Waals surface area (Å²) in [5, 5.41) is 6.19. The Balaban J connectivity index is 1.87. The van der Waals surface area contributed by atoms with E-state index in [-0.39, 0.29) is 11.9 Å².